The molecule has 8 atom stereocenters. The van der Waals surface area contributed by atoms with Crippen molar-refractivity contribution in [1.29, 1.82) is 0 Å². The van der Waals surface area contributed by atoms with Gasteiger partial charge < -0.3 is 15.3 Å². The van der Waals surface area contributed by atoms with Crippen molar-refractivity contribution >= 4 is 17.7 Å². The van der Waals surface area contributed by atoms with Gasteiger partial charge in [-0.25, -0.2) is 0 Å². The lowest BCUT2D eigenvalue weighted by Crippen LogP contribution is -2.57. The molecule has 0 saturated heterocycles. The van der Waals surface area contributed by atoms with Crippen molar-refractivity contribution in [1.82, 2.24) is 0 Å². The first-order valence-electron chi connectivity index (χ1n) is 9.35. The zero-order valence-corrected chi connectivity index (χ0v) is 15.2. The smallest absolute Gasteiger partial charge is 0.312 e. The number of allylic oxidation sites excluding steroid dienone is 1. The average Bonchev–Trinajstić information content (AvgIpc) is 2.96. The first kappa shape index (κ1) is 17.7. The molecule has 2 bridgehead atoms. The topological polar surface area (TPSA) is 112 Å². The molecule has 4 rings (SSSR count). The standard InChI is InChI=1S/C20H26O6/c1-9-7-20-8-10(9)11(21)6-12(20)18(2)5-4-13(22)19(3,17(25)26)15(18)14(20)16(23)24/h10,12-15,22H,1,4-8H2,2-3H3,(H,23,24)(H,25,26). The Morgan fingerprint density at radius 1 is 1.23 bits per heavy atom. The zero-order chi connectivity index (χ0) is 19.2. The Morgan fingerprint density at radius 2 is 1.88 bits per heavy atom. The van der Waals surface area contributed by atoms with Gasteiger partial charge in [0.25, 0.3) is 0 Å². The van der Waals surface area contributed by atoms with E-state index in [-0.39, 0.29) is 17.6 Å². The lowest BCUT2D eigenvalue weighted by atomic mass is 9.52. The monoisotopic (exact) mass is 362 g/mol. The van der Waals surface area contributed by atoms with Crippen LogP contribution < -0.4 is 0 Å². The number of fused-ring (bicyclic) bond motifs is 3. The van der Waals surface area contributed by atoms with Crippen LogP contribution in [0.1, 0.15) is 46.0 Å². The van der Waals surface area contributed by atoms with Gasteiger partial charge in [0, 0.05) is 12.3 Å². The van der Waals surface area contributed by atoms with Crippen LogP contribution in [0.2, 0.25) is 0 Å². The highest BCUT2D eigenvalue weighted by Gasteiger charge is 2.77. The van der Waals surface area contributed by atoms with Gasteiger partial charge in [0.05, 0.1) is 17.4 Å². The summed E-state index contributed by atoms with van der Waals surface area (Å²) in [5, 5.41) is 30.8. The number of carboxylic acids is 2. The van der Waals surface area contributed by atoms with Gasteiger partial charge in [-0.3, -0.25) is 14.4 Å². The molecule has 0 aromatic rings. The van der Waals surface area contributed by atoms with E-state index in [1.165, 1.54) is 6.92 Å². The van der Waals surface area contributed by atoms with E-state index in [9.17, 15) is 29.7 Å². The summed E-state index contributed by atoms with van der Waals surface area (Å²) >= 11 is 0. The summed E-state index contributed by atoms with van der Waals surface area (Å²) in [4.78, 5) is 37.4. The van der Waals surface area contributed by atoms with Gasteiger partial charge in [0.2, 0.25) is 0 Å². The van der Waals surface area contributed by atoms with Crippen molar-refractivity contribution in [2.24, 2.45) is 39.9 Å². The summed E-state index contributed by atoms with van der Waals surface area (Å²) in [7, 11) is 0. The van der Waals surface area contributed by atoms with Crippen LogP contribution in [0.25, 0.3) is 0 Å². The SMILES string of the molecule is C=C1CC23CC1C(=O)CC2C1(C)CCC(O)C(C)(C(=O)O)C1C3C(=O)O. The summed E-state index contributed by atoms with van der Waals surface area (Å²) in [6, 6.07) is 0. The Hall–Kier alpha value is -1.69. The fourth-order valence-electron chi connectivity index (χ4n) is 7.55. The van der Waals surface area contributed by atoms with Crippen LogP contribution in [-0.4, -0.2) is 39.1 Å². The van der Waals surface area contributed by atoms with E-state index in [0.29, 0.717) is 32.1 Å². The van der Waals surface area contributed by atoms with Crippen LogP contribution >= 0.6 is 0 Å². The minimum absolute atomic E-state index is 0.113. The van der Waals surface area contributed by atoms with E-state index < -0.39 is 46.1 Å². The number of aliphatic hydroxyl groups excluding tert-OH is 1. The molecule has 4 aliphatic carbocycles. The van der Waals surface area contributed by atoms with Crippen molar-refractivity contribution in [3.63, 3.8) is 0 Å². The lowest BCUT2D eigenvalue weighted by Gasteiger charge is -2.52. The summed E-state index contributed by atoms with van der Waals surface area (Å²) in [6.45, 7) is 7.49. The number of hydrogen-bond acceptors (Lipinski definition) is 4. The highest BCUT2D eigenvalue weighted by molar-refractivity contribution is 5.88. The molecule has 0 aliphatic heterocycles. The number of ketones is 1. The average molecular weight is 362 g/mol. The fraction of sp³-hybridized carbons (Fsp3) is 0.750. The molecule has 0 amide bonds. The van der Waals surface area contributed by atoms with Gasteiger partial charge in [-0.15, -0.1) is 0 Å². The number of rotatable bonds is 2. The normalized spacial score (nSPS) is 52.5. The van der Waals surface area contributed by atoms with Gasteiger partial charge in [-0.2, -0.15) is 0 Å². The van der Waals surface area contributed by atoms with Gasteiger partial charge in [0.1, 0.15) is 5.78 Å². The minimum Gasteiger partial charge on any atom is -0.481 e. The number of carbonyl (C=O) groups excluding carboxylic acids is 1. The molecule has 1 spiro atoms. The van der Waals surface area contributed by atoms with Gasteiger partial charge in [-0.05, 0) is 55.3 Å². The maximum Gasteiger partial charge on any atom is 0.312 e. The fourth-order valence-corrected chi connectivity index (χ4v) is 7.55. The summed E-state index contributed by atoms with van der Waals surface area (Å²) < 4.78 is 0. The summed E-state index contributed by atoms with van der Waals surface area (Å²) in [6.07, 6.45) is 1.00. The lowest BCUT2D eigenvalue weighted by molar-refractivity contribution is -0.181. The number of aliphatic carboxylic acids is 2. The molecule has 0 aromatic carbocycles. The van der Waals surface area contributed by atoms with Crippen LogP contribution in [0.3, 0.4) is 0 Å². The molecule has 0 aromatic heterocycles. The quantitative estimate of drug-likeness (QED) is 0.649. The largest absolute Gasteiger partial charge is 0.481 e. The predicted octanol–water partition coefficient (Wildman–Crippen LogP) is 2.11. The number of aliphatic hydroxyl groups is 1. The van der Waals surface area contributed by atoms with Crippen molar-refractivity contribution in [2.75, 3.05) is 0 Å². The maximum absolute atomic E-state index is 12.7. The highest BCUT2D eigenvalue weighted by atomic mass is 16.4. The molecule has 4 saturated carbocycles. The van der Waals surface area contributed by atoms with Crippen LogP contribution in [0.5, 0.6) is 0 Å². The third-order valence-corrected chi connectivity index (χ3v) is 8.60. The van der Waals surface area contributed by atoms with E-state index >= 15 is 0 Å². The van der Waals surface area contributed by atoms with E-state index in [1.807, 2.05) is 6.92 Å². The number of Topliss-reactive ketones (excluding diaryl/α,β-unsaturated/α-hetero) is 1. The predicted molar refractivity (Wildman–Crippen MR) is 91.1 cm³/mol. The molecule has 3 N–H and O–H groups in total. The van der Waals surface area contributed by atoms with Gasteiger partial charge in [0.15, 0.2) is 0 Å². The van der Waals surface area contributed by atoms with Gasteiger partial charge in [-0.1, -0.05) is 19.1 Å². The Bertz CT molecular complexity index is 743. The van der Waals surface area contributed by atoms with Crippen molar-refractivity contribution in [2.45, 2.75) is 52.1 Å². The number of hydrogen-bond donors (Lipinski definition) is 3. The van der Waals surface area contributed by atoms with Gasteiger partial charge >= 0.3 is 11.9 Å². The molecular formula is C20H26O6. The van der Waals surface area contributed by atoms with E-state index in [1.54, 1.807) is 0 Å². The van der Waals surface area contributed by atoms with Crippen LogP contribution in [0.4, 0.5) is 0 Å². The Balaban J connectivity index is 1.97. The number of carbonyl (C=O) groups is 3. The molecule has 6 nitrogen and oxygen atoms in total. The first-order chi connectivity index (χ1) is 12.0. The Kier molecular flexibility index (Phi) is 3.39. The molecule has 0 heterocycles. The van der Waals surface area contributed by atoms with E-state index in [0.717, 1.165) is 5.57 Å². The first-order valence-corrected chi connectivity index (χ1v) is 9.35. The summed E-state index contributed by atoms with van der Waals surface area (Å²) in [5.41, 5.74) is -1.96. The zero-order valence-electron chi connectivity index (χ0n) is 15.2. The highest BCUT2D eigenvalue weighted by Crippen LogP contribution is 2.77. The van der Waals surface area contributed by atoms with E-state index in [2.05, 4.69) is 6.58 Å². The molecule has 4 aliphatic rings. The minimum atomic E-state index is -1.54. The van der Waals surface area contributed by atoms with E-state index in [4.69, 9.17) is 0 Å². The molecule has 26 heavy (non-hydrogen) atoms. The Morgan fingerprint density at radius 3 is 2.46 bits per heavy atom. The van der Waals surface area contributed by atoms with Crippen molar-refractivity contribution in [3.8, 4) is 0 Å². The molecule has 4 fully saturated rings. The van der Waals surface area contributed by atoms with Crippen molar-refractivity contribution in [3.05, 3.63) is 12.2 Å². The third-order valence-electron chi connectivity index (χ3n) is 8.60. The Labute approximate surface area is 152 Å². The second-order valence-corrected chi connectivity index (χ2v) is 9.49. The van der Waals surface area contributed by atoms with Crippen molar-refractivity contribution < 1.29 is 29.7 Å². The van der Waals surface area contributed by atoms with Crippen LogP contribution in [0, 0.1) is 39.9 Å². The molecular weight excluding hydrogens is 336 g/mol. The molecule has 6 heteroatoms. The maximum atomic E-state index is 12.7. The number of carboxylic acid groups (broad SMARTS) is 2. The molecule has 8 unspecified atom stereocenters. The second-order valence-electron chi connectivity index (χ2n) is 9.49. The summed E-state index contributed by atoms with van der Waals surface area (Å²) in [5.74, 6) is -4.11. The molecule has 142 valence electrons. The second kappa shape index (κ2) is 4.97. The third kappa shape index (κ3) is 1.74. The molecule has 0 radical (unpaired) electrons. The van der Waals surface area contributed by atoms with Crippen LogP contribution in [-0.2, 0) is 14.4 Å². The van der Waals surface area contributed by atoms with Crippen LogP contribution in [0.15, 0.2) is 12.2 Å².